The monoisotopic (exact) mass is 235 g/mol. The number of hydrogen-bond acceptors (Lipinski definition) is 3. The number of hydrogen-bond donors (Lipinski definition) is 1. The standard InChI is InChI=1S/C12H17N3S/c1-10(2)15-11(5-6-14-15)8-13-9-12-4-3-7-16-12/h3-7,10,13H,8-9H2,1-2H3. The summed E-state index contributed by atoms with van der Waals surface area (Å²) >= 11 is 1.79. The van der Waals surface area contributed by atoms with Crippen LogP contribution < -0.4 is 5.32 Å². The molecule has 0 fully saturated rings. The molecule has 3 nitrogen and oxygen atoms in total. The number of nitrogens with zero attached hydrogens (tertiary/aromatic N) is 2. The molecule has 0 radical (unpaired) electrons. The Kier molecular flexibility index (Phi) is 3.74. The van der Waals surface area contributed by atoms with Crippen LogP contribution in [0.25, 0.3) is 0 Å². The van der Waals surface area contributed by atoms with Crippen molar-refractivity contribution < 1.29 is 0 Å². The van der Waals surface area contributed by atoms with E-state index in [0.717, 1.165) is 13.1 Å². The summed E-state index contributed by atoms with van der Waals surface area (Å²) in [5.74, 6) is 0. The van der Waals surface area contributed by atoms with E-state index >= 15 is 0 Å². The summed E-state index contributed by atoms with van der Waals surface area (Å²) in [5, 5.41) is 9.85. The van der Waals surface area contributed by atoms with Crippen molar-refractivity contribution in [3.05, 3.63) is 40.3 Å². The van der Waals surface area contributed by atoms with Crippen molar-refractivity contribution in [3.8, 4) is 0 Å². The summed E-state index contributed by atoms with van der Waals surface area (Å²) in [6, 6.07) is 6.73. The Hall–Kier alpha value is -1.13. The molecule has 0 aliphatic carbocycles. The smallest absolute Gasteiger partial charge is 0.0525 e. The first-order chi connectivity index (χ1) is 7.77. The Balaban J connectivity index is 1.87. The average molecular weight is 235 g/mol. The first-order valence-corrected chi connectivity index (χ1v) is 6.41. The Morgan fingerprint density at radius 2 is 2.25 bits per heavy atom. The van der Waals surface area contributed by atoms with E-state index in [0.29, 0.717) is 6.04 Å². The highest BCUT2D eigenvalue weighted by molar-refractivity contribution is 7.09. The third-order valence-corrected chi connectivity index (χ3v) is 3.30. The first kappa shape index (κ1) is 11.4. The van der Waals surface area contributed by atoms with E-state index < -0.39 is 0 Å². The minimum absolute atomic E-state index is 0.425. The van der Waals surface area contributed by atoms with Crippen molar-refractivity contribution in [1.29, 1.82) is 0 Å². The molecule has 0 aliphatic rings. The van der Waals surface area contributed by atoms with Crippen LogP contribution in [0, 0.1) is 0 Å². The van der Waals surface area contributed by atoms with E-state index in [1.807, 2.05) is 6.20 Å². The van der Waals surface area contributed by atoms with Crippen LogP contribution in [-0.2, 0) is 13.1 Å². The molecule has 0 aromatic carbocycles. The Bertz CT molecular complexity index is 417. The van der Waals surface area contributed by atoms with Crippen LogP contribution in [0.15, 0.2) is 29.8 Å². The quantitative estimate of drug-likeness (QED) is 0.863. The highest BCUT2D eigenvalue weighted by atomic mass is 32.1. The largest absolute Gasteiger partial charge is 0.306 e. The molecule has 86 valence electrons. The van der Waals surface area contributed by atoms with Crippen LogP contribution in [0.5, 0.6) is 0 Å². The second kappa shape index (κ2) is 5.27. The van der Waals surface area contributed by atoms with Gasteiger partial charge in [-0.2, -0.15) is 5.10 Å². The lowest BCUT2D eigenvalue weighted by molar-refractivity contribution is 0.495. The van der Waals surface area contributed by atoms with Gasteiger partial charge >= 0.3 is 0 Å². The topological polar surface area (TPSA) is 29.9 Å². The fourth-order valence-electron chi connectivity index (χ4n) is 1.67. The van der Waals surface area contributed by atoms with E-state index in [4.69, 9.17) is 0 Å². The number of thiophene rings is 1. The molecule has 2 rings (SSSR count). The second-order valence-electron chi connectivity index (χ2n) is 4.04. The van der Waals surface area contributed by atoms with Gasteiger partial charge in [0.1, 0.15) is 0 Å². The molecule has 1 N–H and O–H groups in total. The molecule has 0 bridgehead atoms. The van der Waals surface area contributed by atoms with Crippen molar-refractivity contribution >= 4 is 11.3 Å². The molecule has 0 saturated carbocycles. The molecule has 2 aromatic rings. The van der Waals surface area contributed by atoms with Crippen molar-refractivity contribution in [2.75, 3.05) is 0 Å². The second-order valence-corrected chi connectivity index (χ2v) is 5.08. The highest BCUT2D eigenvalue weighted by Gasteiger charge is 2.04. The van der Waals surface area contributed by atoms with Crippen LogP contribution in [0.4, 0.5) is 0 Å². The zero-order chi connectivity index (χ0) is 11.4. The number of rotatable bonds is 5. The van der Waals surface area contributed by atoms with Gasteiger partial charge in [0, 0.05) is 30.2 Å². The minimum Gasteiger partial charge on any atom is -0.306 e. The average Bonchev–Trinajstić information content (AvgIpc) is 2.87. The van der Waals surface area contributed by atoms with Gasteiger partial charge in [-0.1, -0.05) is 6.07 Å². The minimum atomic E-state index is 0.425. The van der Waals surface area contributed by atoms with Crippen molar-refractivity contribution in [1.82, 2.24) is 15.1 Å². The Morgan fingerprint density at radius 1 is 1.38 bits per heavy atom. The van der Waals surface area contributed by atoms with Gasteiger partial charge in [0.2, 0.25) is 0 Å². The highest BCUT2D eigenvalue weighted by Crippen LogP contribution is 2.10. The van der Waals surface area contributed by atoms with Gasteiger partial charge in [-0.05, 0) is 31.4 Å². The third kappa shape index (κ3) is 2.71. The van der Waals surface area contributed by atoms with Gasteiger partial charge in [0.15, 0.2) is 0 Å². The van der Waals surface area contributed by atoms with Crippen LogP contribution in [-0.4, -0.2) is 9.78 Å². The SMILES string of the molecule is CC(C)n1nccc1CNCc1cccs1. The summed E-state index contributed by atoms with van der Waals surface area (Å²) in [6.45, 7) is 6.10. The normalized spacial score (nSPS) is 11.2. The lowest BCUT2D eigenvalue weighted by atomic mass is 10.3. The molecular weight excluding hydrogens is 218 g/mol. The lowest BCUT2D eigenvalue weighted by Crippen LogP contribution is -2.16. The van der Waals surface area contributed by atoms with Crippen molar-refractivity contribution in [2.45, 2.75) is 33.0 Å². The summed E-state index contributed by atoms with van der Waals surface area (Å²) in [5.41, 5.74) is 1.24. The van der Waals surface area contributed by atoms with E-state index in [9.17, 15) is 0 Å². The summed E-state index contributed by atoms with van der Waals surface area (Å²) in [4.78, 5) is 1.37. The number of aromatic nitrogens is 2. The molecule has 0 unspecified atom stereocenters. The fourth-order valence-corrected chi connectivity index (χ4v) is 2.35. The zero-order valence-corrected chi connectivity index (χ0v) is 10.5. The first-order valence-electron chi connectivity index (χ1n) is 5.53. The molecule has 0 aliphatic heterocycles. The maximum absolute atomic E-state index is 4.31. The van der Waals surface area contributed by atoms with Crippen molar-refractivity contribution in [2.24, 2.45) is 0 Å². The molecule has 2 heterocycles. The maximum Gasteiger partial charge on any atom is 0.0525 e. The molecule has 16 heavy (non-hydrogen) atoms. The van der Waals surface area contributed by atoms with Gasteiger partial charge in [-0.25, -0.2) is 0 Å². The molecule has 4 heteroatoms. The van der Waals surface area contributed by atoms with Crippen LogP contribution in [0.2, 0.25) is 0 Å². The molecule has 0 amide bonds. The predicted molar refractivity (Wildman–Crippen MR) is 67.5 cm³/mol. The van der Waals surface area contributed by atoms with E-state index in [1.165, 1.54) is 10.6 Å². The fraction of sp³-hybridized carbons (Fsp3) is 0.417. The zero-order valence-electron chi connectivity index (χ0n) is 9.68. The summed E-state index contributed by atoms with van der Waals surface area (Å²) in [6.07, 6.45) is 1.86. The van der Waals surface area contributed by atoms with Crippen LogP contribution in [0.1, 0.15) is 30.5 Å². The van der Waals surface area contributed by atoms with Gasteiger partial charge in [-0.15, -0.1) is 11.3 Å². The third-order valence-electron chi connectivity index (χ3n) is 2.43. The molecule has 2 aromatic heterocycles. The van der Waals surface area contributed by atoms with E-state index in [1.54, 1.807) is 11.3 Å². The van der Waals surface area contributed by atoms with Gasteiger partial charge < -0.3 is 5.32 Å². The Labute approximate surface area is 100 Å². The lowest BCUT2D eigenvalue weighted by Gasteiger charge is -2.11. The molecular formula is C12H17N3S. The van der Waals surface area contributed by atoms with Gasteiger partial charge in [-0.3, -0.25) is 4.68 Å². The van der Waals surface area contributed by atoms with E-state index in [-0.39, 0.29) is 0 Å². The molecule has 0 atom stereocenters. The van der Waals surface area contributed by atoms with Gasteiger partial charge in [0.25, 0.3) is 0 Å². The molecule has 0 spiro atoms. The summed E-state index contributed by atoms with van der Waals surface area (Å²) in [7, 11) is 0. The molecule has 0 saturated heterocycles. The summed E-state index contributed by atoms with van der Waals surface area (Å²) < 4.78 is 2.06. The maximum atomic E-state index is 4.31. The van der Waals surface area contributed by atoms with E-state index in [2.05, 4.69) is 52.5 Å². The van der Waals surface area contributed by atoms with Crippen LogP contribution >= 0.6 is 11.3 Å². The predicted octanol–water partition coefficient (Wildman–Crippen LogP) is 2.82. The number of nitrogens with one attached hydrogen (secondary N) is 1. The van der Waals surface area contributed by atoms with Gasteiger partial charge in [0.05, 0.1) is 5.69 Å². The van der Waals surface area contributed by atoms with Crippen molar-refractivity contribution in [3.63, 3.8) is 0 Å². The van der Waals surface area contributed by atoms with Crippen LogP contribution in [0.3, 0.4) is 0 Å². The Morgan fingerprint density at radius 3 is 2.94 bits per heavy atom.